The van der Waals surface area contributed by atoms with Crippen LogP contribution >= 0.6 is 0 Å². The number of nitrogens with one attached hydrogen (secondary N) is 1. The molecule has 2 heterocycles. The lowest BCUT2D eigenvalue weighted by Gasteiger charge is -2.31. The van der Waals surface area contributed by atoms with Crippen LogP contribution in [-0.2, 0) is 4.74 Å². The average Bonchev–Trinajstić information content (AvgIpc) is 2.29. The van der Waals surface area contributed by atoms with Crippen LogP contribution < -0.4 is 5.32 Å². The molecule has 1 aliphatic heterocycles. The van der Waals surface area contributed by atoms with E-state index in [1.165, 1.54) is 12.3 Å². The normalized spacial score (nSPS) is 25.2. The van der Waals surface area contributed by atoms with E-state index < -0.39 is 0 Å². The molecule has 3 nitrogen and oxygen atoms in total. The first kappa shape index (κ1) is 12.5. The van der Waals surface area contributed by atoms with Crippen molar-refractivity contribution in [1.82, 2.24) is 10.3 Å². The Morgan fingerprint density at radius 2 is 2.29 bits per heavy atom. The largest absolute Gasteiger partial charge is 0.366 e. The molecule has 0 amide bonds. The van der Waals surface area contributed by atoms with Crippen molar-refractivity contribution >= 4 is 0 Å². The molecule has 0 saturated carbocycles. The Morgan fingerprint density at radius 3 is 2.94 bits per heavy atom. The highest BCUT2D eigenvalue weighted by molar-refractivity contribution is 5.09. The monoisotopic (exact) mass is 238 g/mol. The van der Waals surface area contributed by atoms with Crippen molar-refractivity contribution in [2.24, 2.45) is 5.92 Å². The molecule has 2 unspecified atom stereocenters. The third-order valence-electron chi connectivity index (χ3n) is 2.87. The maximum absolute atomic E-state index is 12.8. The van der Waals surface area contributed by atoms with Gasteiger partial charge in [-0.25, -0.2) is 4.39 Å². The van der Waals surface area contributed by atoms with Crippen LogP contribution in [0.25, 0.3) is 0 Å². The van der Waals surface area contributed by atoms with Gasteiger partial charge < -0.3 is 10.1 Å². The number of hydrogen-bond acceptors (Lipinski definition) is 3. The smallest absolute Gasteiger partial charge is 0.141 e. The van der Waals surface area contributed by atoms with E-state index >= 15 is 0 Å². The van der Waals surface area contributed by atoms with Crippen LogP contribution in [0.1, 0.15) is 32.1 Å². The number of nitrogens with zero attached hydrogens (tertiary/aromatic N) is 1. The van der Waals surface area contributed by atoms with E-state index in [-0.39, 0.29) is 18.0 Å². The lowest BCUT2D eigenvalue weighted by molar-refractivity contribution is -0.0493. The van der Waals surface area contributed by atoms with Crippen LogP contribution in [0.3, 0.4) is 0 Å². The summed E-state index contributed by atoms with van der Waals surface area (Å²) in [7, 11) is 0. The van der Waals surface area contributed by atoms with Crippen LogP contribution in [0.2, 0.25) is 0 Å². The van der Waals surface area contributed by atoms with E-state index in [4.69, 9.17) is 4.74 Å². The lowest BCUT2D eigenvalue weighted by atomic mass is 10.0. The molecule has 4 heteroatoms. The Bertz CT molecular complexity index is 353. The first-order valence-corrected chi connectivity index (χ1v) is 6.13. The van der Waals surface area contributed by atoms with Gasteiger partial charge in [0.1, 0.15) is 11.9 Å². The standard InChI is InChI=1S/C13H19FN2O/c1-9(2)5-11-7-15-8-13(17-11)12-4-3-10(14)6-16-12/h3-4,6,9,11,13,15H,5,7-8H2,1-2H3. The Hall–Kier alpha value is -1.00. The number of hydrogen-bond donors (Lipinski definition) is 1. The van der Waals surface area contributed by atoms with Gasteiger partial charge in [-0.3, -0.25) is 4.98 Å². The molecule has 2 rings (SSSR count). The fourth-order valence-electron chi connectivity index (χ4n) is 2.12. The molecule has 0 aliphatic carbocycles. The molecule has 0 radical (unpaired) electrons. The van der Waals surface area contributed by atoms with Gasteiger partial charge in [-0.15, -0.1) is 0 Å². The van der Waals surface area contributed by atoms with Gasteiger partial charge in [-0.05, 0) is 24.5 Å². The molecule has 0 bridgehead atoms. The summed E-state index contributed by atoms with van der Waals surface area (Å²) in [5.74, 6) is 0.304. The van der Waals surface area contributed by atoms with E-state index in [1.807, 2.05) is 0 Å². The third kappa shape index (κ3) is 3.48. The second-order valence-electron chi connectivity index (χ2n) is 4.94. The van der Waals surface area contributed by atoms with Gasteiger partial charge in [0.05, 0.1) is 18.0 Å². The van der Waals surface area contributed by atoms with Gasteiger partial charge in [-0.1, -0.05) is 13.8 Å². The summed E-state index contributed by atoms with van der Waals surface area (Å²) < 4.78 is 18.8. The zero-order chi connectivity index (χ0) is 12.3. The minimum atomic E-state index is -0.309. The quantitative estimate of drug-likeness (QED) is 0.877. The number of pyridine rings is 1. The SMILES string of the molecule is CC(C)CC1CNCC(c2ccc(F)cn2)O1. The third-order valence-corrected chi connectivity index (χ3v) is 2.87. The van der Waals surface area contributed by atoms with Crippen LogP contribution in [0.5, 0.6) is 0 Å². The van der Waals surface area contributed by atoms with Crippen molar-refractivity contribution in [3.63, 3.8) is 0 Å². The van der Waals surface area contributed by atoms with E-state index in [0.717, 1.165) is 25.2 Å². The van der Waals surface area contributed by atoms with E-state index in [0.29, 0.717) is 5.92 Å². The van der Waals surface area contributed by atoms with Crippen molar-refractivity contribution < 1.29 is 9.13 Å². The average molecular weight is 238 g/mol. The van der Waals surface area contributed by atoms with Crippen LogP contribution in [0.15, 0.2) is 18.3 Å². The highest BCUT2D eigenvalue weighted by Gasteiger charge is 2.24. The number of rotatable bonds is 3. The van der Waals surface area contributed by atoms with Gasteiger partial charge >= 0.3 is 0 Å². The molecule has 17 heavy (non-hydrogen) atoms. The Labute approximate surface area is 101 Å². The number of ether oxygens (including phenoxy) is 1. The van der Waals surface area contributed by atoms with Gasteiger partial charge in [0, 0.05) is 13.1 Å². The zero-order valence-electron chi connectivity index (χ0n) is 10.3. The molecular weight excluding hydrogens is 219 g/mol. The first-order chi connectivity index (χ1) is 8.15. The second-order valence-corrected chi connectivity index (χ2v) is 4.94. The summed E-state index contributed by atoms with van der Waals surface area (Å²) in [4.78, 5) is 4.08. The molecule has 1 saturated heterocycles. The fraction of sp³-hybridized carbons (Fsp3) is 0.615. The van der Waals surface area contributed by atoms with Gasteiger partial charge in [0.25, 0.3) is 0 Å². The molecular formula is C13H19FN2O. The minimum absolute atomic E-state index is 0.0619. The molecule has 1 fully saturated rings. The van der Waals surface area contributed by atoms with Crippen molar-refractivity contribution in [3.8, 4) is 0 Å². The molecule has 0 aromatic carbocycles. The lowest BCUT2D eigenvalue weighted by Crippen LogP contribution is -2.41. The van der Waals surface area contributed by atoms with Crippen molar-refractivity contribution in [2.45, 2.75) is 32.5 Å². The molecule has 0 spiro atoms. The predicted molar refractivity (Wildman–Crippen MR) is 64.1 cm³/mol. The Kier molecular flexibility index (Phi) is 4.07. The molecule has 1 aliphatic rings. The van der Waals surface area contributed by atoms with Crippen LogP contribution in [0.4, 0.5) is 4.39 Å². The van der Waals surface area contributed by atoms with Crippen LogP contribution in [-0.4, -0.2) is 24.2 Å². The summed E-state index contributed by atoms with van der Waals surface area (Å²) >= 11 is 0. The summed E-state index contributed by atoms with van der Waals surface area (Å²) in [5.41, 5.74) is 0.798. The molecule has 1 N–H and O–H groups in total. The van der Waals surface area contributed by atoms with Crippen LogP contribution in [0, 0.1) is 11.7 Å². The predicted octanol–water partition coefficient (Wildman–Crippen LogP) is 2.30. The summed E-state index contributed by atoms with van der Waals surface area (Å²) in [6.45, 7) is 6.00. The summed E-state index contributed by atoms with van der Waals surface area (Å²) in [6.07, 6.45) is 2.43. The summed E-state index contributed by atoms with van der Waals surface area (Å²) in [5, 5.41) is 3.34. The maximum atomic E-state index is 12.8. The maximum Gasteiger partial charge on any atom is 0.141 e. The first-order valence-electron chi connectivity index (χ1n) is 6.13. The van der Waals surface area contributed by atoms with Gasteiger partial charge in [0.15, 0.2) is 0 Å². The molecule has 1 aromatic heterocycles. The number of halogens is 1. The van der Waals surface area contributed by atoms with E-state index in [9.17, 15) is 4.39 Å². The second kappa shape index (κ2) is 5.56. The zero-order valence-corrected chi connectivity index (χ0v) is 10.3. The fourth-order valence-corrected chi connectivity index (χ4v) is 2.12. The van der Waals surface area contributed by atoms with E-state index in [1.54, 1.807) is 6.07 Å². The van der Waals surface area contributed by atoms with Crippen molar-refractivity contribution in [1.29, 1.82) is 0 Å². The van der Waals surface area contributed by atoms with Crippen molar-refractivity contribution in [3.05, 3.63) is 29.8 Å². The van der Waals surface area contributed by atoms with Crippen molar-refractivity contribution in [2.75, 3.05) is 13.1 Å². The topological polar surface area (TPSA) is 34.2 Å². The number of aromatic nitrogens is 1. The van der Waals surface area contributed by atoms with Gasteiger partial charge in [-0.2, -0.15) is 0 Å². The minimum Gasteiger partial charge on any atom is -0.366 e. The number of morpholine rings is 1. The van der Waals surface area contributed by atoms with E-state index in [2.05, 4.69) is 24.1 Å². The Morgan fingerprint density at radius 1 is 1.47 bits per heavy atom. The van der Waals surface area contributed by atoms with Gasteiger partial charge in [0.2, 0.25) is 0 Å². The highest BCUT2D eigenvalue weighted by atomic mass is 19.1. The summed E-state index contributed by atoms with van der Waals surface area (Å²) in [6, 6.07) is 3.12. The Balaban J connectivity index is 1.99. The molecule has 2 atom stereocenters. The molecule has 1 aromatic rings. The highest BCUT2D eigenvalue weighted by Crippen LogP contribution is 2.22. The molecule has 94 valence electrons.